The second-order valence-corrected chi connectivity index (χ2v) is 8.25. The Hall–Kier alpha value is -3.48. The molecule has 1 spiro atoms. The Morgan fingerprint density at radius 2 is 1.97 bits per heavy atom. The number of rotatable bonds is 6. The van der Waals surface area contributed by atoms with Crippen LogP contribution in [0, 0.1) is 0 Å². The SMILES string of the molecule is O=C(NCCCn1ccnc1)c1ccc(N2CCC3(C=Cc4ccccc43)CC2)nn1. The quantitative estimate of drug-likeness (QED) is 0.628. The largest absolute Gasteiger partial charge is 0.355 e. The minimum atomic E-state index is -0.185. The van der Waals surface area contributed by atoms with Crippen molar-refractivity contribution in [2.45, 2.75) is 31.2 Å². The van der Waals surface area contributed by atoms with Crippen molar-refractivity contribution in [3.63, 3.8) is 0 Å². The number of amides is 1. The maximum absolute atomic E-state index is 12.3. The minimum absolute atomic E-state index is 0.150. The van der Waals surface area contributed by atoms with Crippen molar-refractivity contribution in [1.82, 2.24) is 25.1 Å². The fourth-order valence-electron chi connectivity index (χ4n) is 4.59. The van der Waals surface area contributed by atoms with E-state index in [9.17, 15) is 4.79 Å². The van der Waals surface area contributed by atoms with Crippen LogP contribution in [-0.2, 0) is 12.0 Å². The van der Waals surface area contributed by atoms with E-state index in [0.29, 0.717) is 12.2 Å². The molecule has 1 aromatic carbocycles. The van der Waals surface area contributed by atoms with Gasteiger partial charge in [-0.05, 0) is 42.5 Å². The van der Waals surface area contributed by atoms with Gasteiger partial charge in [0, 0.05) is 44.0 Å². The van der Waals surface area contributed by atoms with E-state index in [0.717, 1.165) is 44.7 Å². The summed E-state index contributed by atoms with van der Waals surface area (Å²) < 4.78 is 1.99. The third-order valence-electron chi connectivity index (χ3n) is 6.38. The van der Waals surface area contributed by atoms with Crippen LogP contribution in [0.3, 0.4) is 0 Å². The third-order valence-corrected chi connectivity index (χ3v) is 6.38. The summed E-state index contributed by atoms with van der Waals surface area (Å²) in [6.07, 6.45) is 13.0. The molecule has 1 amide bonds. The number of nitrogens with one attached hydrogen (secondary N) is 1. The Bertz CT molecular complexity index is 1070. The van der Waals surface area contributed by atoms with Crippen molar-refractivity contribution in [3.8, 4) is 0 Å². The highest BCUT2D eigenvalue weighted by Gasteiger charge is 2.38. The molecule has 7 heteroatoms. The number of imidazole rings is 1. The van der Waals surface area contributed by atoms with Crippen LogP contribution in [0.25, 0.3) is 6.08 Å². The van der Waals surface area contributed by atoms with Crippen LogP contribution < -0.4 is 10.2 Å². The standard InChI is InChI=1S/C24H26N6O/c31-23(26-12-3-14-29-17-13-25-18-29)21-6-7-22(28-27-21)30-15-10-24(11-16-30)9-8-19-4-1-2-5-20(19)24/h1-2,4-9,13,17-18H,3,10-12,14-16H2,(H,26,31). The molecule has 3 heterocycles. The first kappa shape index (κ1) is 19.5. The summed E-state index contributed by atoms with van der Waals surface area (Å²) in [6, 6.07) is 12.4. The molecule has 5 rings (SSSR count). The third kappa shape index (κ3) is 3.95. The Balaban J connectivity index is 1.14. The number of aromatic nitrogens is 4. The summed E-state index contributed by atoms with van der Waals surface area (Å²) in [7, 11) is 0. The van der Waals surface area contributed by atoms with Gasteiger partial charge in [-0.1, -0.05) is 36.4 Å². The molecule has 31 heavy (non-hydrogen) atoms. The van der Waals surface area contributed by atoms with Gasteiger partial charge in [-0.25, -0.2) is 4.98 Å². The molecule has 0 saturated carbocycles. The van der Waals surface area contributed by atoms with E-state index in [1.54, 1.807) is 18.6 Å². The van der Waals surface area contributed by atoms with Gasteiger partial charge in [0.2, 0.25) is 0 Å². The van der Waals surface area contributed by atoms with Crippen molar-refractivity contribution in [2.75, 3.05) is 24.5 Å². The monoisotopic (exact) mass is 414 g/mol. The summed E-state index contributed by atoms with van der Waals surface area (Å²) in [5.41, 5.74) is 3.29. The molecule has 1 saturated heterocycles. The molecule has 1 N–H and O–H groups in total. The zero-order chi connectivity index (χ0) is 21.1. The lowest BCUT2D eigenvalue weighted by Gasteiger charge is -2.39. The van der Waals surface area contributed by atoms with Gasteiger partial charge in [0.25, 0.3) is 5.91 Å². The smallest absolute Gasteiger partial charge is 0.271 e. The molecule has 158 valence electrons. The topological polar surface area (TPSA) is 75.9 Å². The zero-order valence-corrected chi connectivity index (χ0v) is 17.4. The maximum Gasteiger partial charge on any atom is 0.271 e. The summed E-state index contributed by atoms with van der Waals surface area (Å²) in [5.74, 6) is 0.650. The Kier molecular flexibility index (Phi) is 5.24. The number of allylic oxidation sites excluding steroid dienone is 1. The molecule has 0 atom stereocenters. The maximum atomic E-state index is 12.3. The number of hydrogen-bond donors (Lipinski definition) is 1. The van der Waals surface area contributed by atoms with Crippen molar-refractivity contribution in [3.05, 3.63) is 78.0 Å². The van der Waals surface area contributed by atoms with E-state index in [-0.39, 0.29) is 11.3 Å². The normalized spacial score (nSPS) is 16.5. The molecule has 0 bridgehead atoms. The summed E-state index contributed by atoms with van der Waals surface area (Å²) >= 11 is 0. The first-order chi connectivity index (χ1) is 15.2. The Morgan fingerprint density at radius 3 is 2.74 bits per heavy atom. The van der Waals surface area contributed by atoms with Crippen molar-refractivity contribution < 1.29 is 4.79 Å². The van der Waals surface area contributed by atoms with Gasteiger partial charge in [0.15, 0.2) is 11.5 Å². The van der Waals surface area contributed by atoms with E-state index in [1.165, 1.54) is 11.1 Å². The summed E-state index contributed by atoms with van der Waals surface area (Å²) in [4.78, 5) is 18.6. The number of fused-ring (bicyclic) bond motifs is 2. The number of nitrogens with zero attached hydrogens (tertiary/aromatic N) is 5. The second kappa shape index (κ2) is 8.34. The average molecular weight is 415 g/mol. The first-order valence-corrected chi connectivity index (χ1v) is 10.8. The van der Waals surface area contributed by atoms with Crippen LogP contribution in [0.4, 0.5) is 5.82 Å². The predicted molar refractivity (Wildman–Crippen MR) is 120 cm³/mol. The molecule has 2 aromatic heterocycles. The molecule has 3 aromatic rings. The predicted octanol–water partition coefficient (Wildman–Crippen LogP) is 3.06. The fraction of sp³-hybridized carbons (Fsp3) is 0.333. The van der Waals surface area contributed by atoms with Crippen LogP contribution in [0.2, 0.25) is 0 Å². The van der Waals surface area contributed by atoms with E-state index in [1.807, 2.05) is 16.8 Å². The second-order valence-electron chi connectivity index (χ2n) is 8.25. The van der Waals surface area contributed by atoms with Gasteiger partial charge in [-0.2, -0.15) is 0 Å². The van der Waals surface area contributed by atoms with Crippen LogP contribution in [0.1, 0.15) is 40.9 Å². The average Bonchev–Trinajstić information content (AvgIpc) is 3.46. The highest BCUT2D eigenvalue weighted by atomic mass is 16.1. The number of piperidine rings is 1. The molecule has 2 aliphatic rings. The van der Waals surface area contributed by atoms with Crippen molar-refractivity contribution in [2.24, 2.45) is 0 Å². The van der Waals surface area contributed by atoms with Crippen LogP contribution in [0.15, 0.2) is 61.2 Å². The van der Waals surface area contributed by atoms with E-state index in [2.05, 4.69) is 61.8 Å². The Labute approximate surface area is 181 Å². The first-order valence-electron chi connectivity index (χ1n) is 10.8. The van der Waals surface area contributed by atoms with Gasteiger partial charge in [0.1, 0.15) is 0 Å². The molecular weight excluding hydrogens is 388 g/mol. The molecule has 0 radical (unpaired) electrons. The van der Waals surface area contributed by atoms with Gasteiger partial charge in [0.05, 0.1) is 6.33 Å². The minimum Gasteiger partial charge on any atom is -0.355 e. The molecule has 1 aliphatic heterocycles. The van der Waals surface area contributed by atoms with E-state index < -0.39 is 0 Å². The number of carbonyl (C=O) groups is 1. The van der Waals surface area contributed by atoms with Crippen LogP contribution in [-0.4, -0.2) is 45.3 Å². The molecule has 7 nitrogen and oxygen atoms in total. The fourth-order valence-corrected chi connectivity index (χ4v) is 4.59. The highest BCUT2D eigenvalue weighted by Crippen LogP contribution is 2.43. The Morgan fingerprint density at radius 1 is 1.10 bits per heavy atom. The van der Waals surface area contributed by atoms with Gasteiger partial charge in [-0.15, -0.1) is 10.2 Å². The molecular formula is C24H26N6O. The number of hydrogen-bond acceptors (Lipinski definition) is 5. The van der Waals surface area contributed by atoms with Crippen LogP contribution in [0.5, 0.6) is 0 Å². The van der Waals surface area contributed by atoms with Gasteiger partial charge >= 0.3 is 0 Å². The lowest BCUT2D eigenvalue weighted by atomic mass is 9.74. The van der Waals surface area contributed by atoms with E-state index >= 15 is 0 Å². The zero-order valence-electron chi connectivity index (χ0n) is 17.4. The highest BCUT2D eigenvalue weighted by molar-refractivity contribution is 5.92. The lowest BCUT2D eigenvalue weighted by molar-refractivity contribution is 0.0946. The van der Waals surface area contributed by atoms with Crippen LogP contribution >= 0.6 is 0 Å². The number of benzene rings is 1. The number of anilines is 1. The number of aryl methyl sites for hydroxylation is 1. The summed E-state index contributed by atoms with van der Waals surface area (Å²) in [5, 5.41) is 11.4. The van der Waals surface area contributed by atoms with Gasteiger partial charge < -0.3 is 14.8 Å². The van der Waals surface area contributed by atoms with Crippen molar-refractivity contribution in [1.29, 1.82) is 0 Å². The molecule has 1 aliphatic carbocycles. The molecule has 1 fully saturated rings. The van der Waals surface area contributed by atoms with Crippen molar-refractivity contribution >= 4 is 17.8 Å². The lowest BCUT2D eigenvalue weighted by Crippen LogP contribution is -2.41. The van der Waals surface area contributed by atoms with Gasteiger partial charge in [-0.3, -0.25) is 4.79 Å². The number of carbonyl (C=O) groups excluding carboxylic acids is 1. The summed E-state index contributed by atoms with van der Waals surface area (Å²) in [6.45, 7) is 3.25. The molecule has 0 unspecified atom stereocenters. The van der Waals surface area contributed by atoms with E-state index in [4.69, 9.17) is 0 Å².